The van der Waals surface area contributed by atoms with Gasteiger partial charge in [-0.05, 0) is 72.7 Å². The first-order valence-corrected chi connectivity index (χ1v) is 9.57. The van der Waals surface area contributed by atoms with Gasteiger partial charge in [0.2, 0.25) is 5.91 Å². The largest absolute Gasteiger partial charge is 0.326 e. The summed E-state index contributed by atoms with van der Waals surface area (Å²) in [7, 11) is -3.67. The Hall–Kier alpha value is -2.34. The lowest BCUT2D eigenvalue weighted by molar-refractivity contribution is -0.115. The molecule has 1 amide bonds. The summed E-state index contributed by atoms with van der Waals surface area (Å²) in [6.07, 6.45) is 4.62. The third-order valence-electron chi connectivity index (χ3n) is 4.61. The van der Waals surface area contributed by atoms with Crippen LogP contribution in [-0.4, -0.2) is 14.3 Å². The van der Waals surface area contributed by atoms with E-state index < -0.39 is 10.0 Å². The van der Waals surface area contributed by atoms with Gasteiger partial charge in [0.25, 0.3) is 10.0 Å². The van der Waals surface area contributed by atoms with Crippen LogP contribution in [-0.2, 0) is 34.1 Å². The fourth-order valence-electron chi connectivity index (χ4n) is 3.38. The standard InChI is InChI=1S/C18H18N2O3S/c21-18-11-14-10-16(7-8-17(14)19-18)24(22,23)20-15-6-5-12-3-1-2-4-13(12)9-15/h5-10,20H,1-4,11H2,(H,19,21). The first kappa shape index (κ1) is 15.2. The van der Waals surface area contributed by atoms with Gasteiger partial charge < -0.3 is 5.32 Å². The van der Waals surface area contributed by atoms with Gasteiger partial charge >= 0.3 is 0 Å². The van der Waals surface area contributed by atoms with Crippen LogP contribution in [0.5, 0.6) is 0 Å². The van der Waals surface area contributed by atoms with E-state index in [1.165, 1.54) is 23.6 Å². The number of amides is 1. The molecule has 2 aromatic carbocycles. The average Bonchev–Trinajstić information content (AvgIpc) is 2.93. The number of nitrogens with one attached hydrogen (secondary N) is 2. The van der Waals surface area contributed by atoms with Crippen LogP contribution < -0.4 is 10.0 Å². The van der Waals surface area contributed by atoms with E-state index in [1.807, 2.05) is 18.2 Å². The summed E-state index contributed by atoms with van der Waals surface area (Å²) < 4.78 is 27.9. The van der Waals surface area contributed by atoms with E-state index in [4.69, 9.17) is 0 Å². The van der Waals surface area contributed by atoms with Crippen molar-refractivity contribution >= 4 is 27.3 Å². The van der Waals surface area contributed by atoms with Gasteiger partial charge in [0.05, 0.1) is 11.3 Å². The average molecular weight is 342 g/mol. The molecule has 0 unspecified atom stereocenters. The smallest absolute Gasteiger partial charge is 0.261 e. The number of hydrogen-bond donors (Lipinski definition) is 2. The van der Waals surface area contributed by atoms with E-state index >= 15 is 0 Å². The Kier molecular flexibility index (Phi) is 3.57. The maximum Gasteiger partial charge on any atom is 0.261 e. The lowest BCUT2D eigenvalue weighted by Gasteiger charge is -2.17. The van der Waals surface area contributed by atoms with Crippen molar-refractivity contribution in [3.05, 3.63) is 53.1 Å². The summed E-state index contributed by atoms with van der Waals surface area (Å²) in [5.41, 5.74) is 4.53. The van der Waals surface area contributed by atoms with Crippen LogP contribution in [0.3, 0.4) is 0 Å². The summed E-state index contributed by atoms with van der Waals surface area (Å²) in [5.74, 6) is -0.109. The van der Waals surface area contributed by atoms with Gasteiger partial charge in [-0.15, -0.1) is 0 Å². The van der Waals surface area contributed by atoms with Gasteiger partial charge in [0, 0.05) is 11.4 Å². The quantitative estimate of drug-likeness (QED) is 0.900. The molecular weight excluding hydrogens is 324 g/mol. The highest BCUT2D eigenvalue weighted by molar-refractivity contribution is 7.92. The molecule has 0 saturated carbocycles. The number of fused-ring (bicyclic) bond motifs is 2. The topological polar surface area (TPSA) is 75.3 Å². The minimum atomic E-state index is -3.67. The molecule has 1 aliphatic carbocycles. The molecule has 5 nitrogen and oxygen atoms in total. The molecule has 2 N–H and O–H groups in total. The summed E-state index contributed by atoms with van der Waals surface area (Å²) >= 11 is 0. The molecule has 0 spiro atoms. The molecule has 0 saturated heterocycles. The van der Waals surface area contributed by atoms with Gasteiger partial charge in [-0.3, -0.25) is 9.52 Å². The van der Waals surface area contributed by atoms with Gasteiger partial charge in [-0.1, -0.05) is 6.07 Å². The van der Waals surface area contributed by atoms with Gasteiger partial charge in [0.15, 0.2) is 0 Å². The number of benzene rings is 2. The minimum absolute atomic E-state index is 0.109. The van der Waals surface area contributed by atoms with Crippen molar-refractivity contribution in [2.45, 2.75) is 37.0 Å². The molecule has 24 heavy (non-hydrogen) atoms. The first-order valence-electron chi connectivity index (χ1n) is 8.09. The predicted molar refractivity (Wildman–Crippen MR) is 92.7 cm³/mol. The number of carbonyl (C=O) groups excluding carboxylic acids is 1. The van der Waals surface area contributed by atoms with Crippen LogP contribution in [0.25, 0.3) is 0 Å². The van der Waals surface area contributed by atoms with E-state index in [0.717, 1.165) is 19.3 Å². The molecule has 6 heteroatoms. The molecule has 124 valence electrons. The monoisotopic (exact) mass is 342 g/mol. The van der Waals surface area contributed by atoms with Crippen LogP contribution in [0.1, 0.15) is 29.5 Å². The van der Waals surface area contributed by atoms with Gasteiger partial charge in [-0.2, -0.15) is 0 Å². The highest BCUT2D eigenvalue weighted by atomic mass is 32.2. The molecule has 0 aromatic heterocycles. The highest BCUT2D eigenvalue weighted by Crippen LogP contribution is 2.28. The predicted octanol–water partition coefficient (Wildman–Crippen LogP) is 2.86. The highest BCUT2D eigenvalue weighted by Gasteiger charge is 2.22. The molecule has 0 radical (unpaired) electrons. The van der Waals surface area contributed by atoms with Crippen molar-refractivity contribution < 1.29 is 13.2 Å². The van der Waals surface area contributed by atoms with E-state index in [-0.39, 0.29) is 17.2 Å². The van der Waals surface area contributed by atoms with E-state index in [0.29, 0.717) is 16.9 Å². The fraction of sp³-hybridized carbons (Fsp3) is 0.278. The molecular formula is C18H18N2O3S. The Morgan fingerprint density at radius 1 is 0.917 bits per heavy atom. The SMILES string of the molecule is O=C1Cc2cc(S(=O)(=O)Nc3ccc4c(c3)CCCC4)ccc2N1. The molecule has 4 rings (SSSR count). The zero-order valence-electron chi connectivity index (χ0n) is 13.1. The third kappa shape index (κ3) is 2.78. The van der Waals surface area contributed by atoms with Crippen molar-refractivity contribution in [3.63, 3.8) is 0 Å². The van der Waals surface area contributed by atoms with Crippen LogP contribution in [0.2, 0.25) is 0 Å². The number of sulfonamides is 1. The van der Waals surface area contributed by atoms with Crippen molar-refractivity contribution in [2.75, 3.05) is 10.0 Å². The van der Waals surface area contributed by atoms with Crippen molar-refractivity contribution in [1.29, 1.82) is 0 Å². The first-order chi connectivity index (χ1) is 11.5. The van der Waals surface area contributed by atoms with Crippen LogP contribution in [0, 0.1) is 0 Å². The van der Waals surface area contributed by atoms with Crippen molar-refractivity contribution in [2.24, 2.45) is 0 Å². The molecule has 0 bridgehead atoms. The minimum Gasteiger partial charge on any atom is -0.326 e. The number of carbonyl (C=O) groups is 1. The second kappa shape index (κ2) is 5.63. The van der Waals surface area contributed by atoms with Crippen LogP contribution >= 0.6 is 0 Å². The van der Waals surface area contributed by atoms with E-state index in [2.05, 4.69) is 10.0 Å². The number of anilines is 2. The van der Waals surface area contributed by atoms with E-state index in [1.54, 1.807) is 12.1 Å². The lowest BCUT2D eigenvalue weighted by atomic mass is 9.91. The number of aryl methyl sites for hydroxylation is 2. The van der Waals surface area contributed by atoms with Crippen molar-refractivity contribution in [1.82, 2.24) is 0 Å². The Morgan fingerprint density at radius 2 is 1.71 bits per heavy atom. The Labute approximate surface area is 141 Å². The number of rotatable bonds is 3. The summed E-state index contributed by atoms with van der Waals surface area (Å²) in [4.78, 5) is 11.6. The second-order valence-corrected chi connectivity index (χ2v) is 8.02. The van der Waals surface area contributed by atoms with Crippen LogP contribution in [0.15, 0.2) is 41.3 Å². The molecule has 0 fully saturated rings. The second-order valence-electron chi connectivity index (χ2n) is 6.34. The number of hydrogen-bond acceptors (Lipinski definition) is 3. The Bertz CT molecular complexity index is 935. The maximum absolute atomic E-state index is 12.6. The zero-order chi connectivity index (χ0) is 16.7. The summed E-state index contributed by atoms with van der Waals surface area (Å²) in [5, 5.41) is 2.71. The molecule has 1 heterocycles. The zero-order valence-corrected chi connectivity index (χ0v) is 13.9. The lowest BCUT2D eigenvalue weighted by Crippen LogP contribution is -2.14. The Balaban J connectivity index is 1.62. The third-order valence-corrected chi connectivity index (χ3v) is 5.99. The maximum atomic E-state index is 12.6. The van der Waals surface area contributed by atoms with Crippen LogP contribution in [0.4, 0.5) is 11.4 Å². The summed E-state index contributed by atoms with van der Waals surface area (Å²) in [6.45, 7) is 0. The van der Waals surface area contributed by atoms with Gasteiger partial charge in [0.1, 0.15) is 0 Å². The van der Waals surface area contributed by atoms with E-state index in [9.17, 15) is 13.2 Å². The Morgan fingerprint density at radius 3 is 2.54 bits per heavy atom. The normalized spacial score (nSPS) is 16.2. The molecule has 2 aromatic rings. The summed E-state index contributed by atoms with van der Waals surface area (Å²) in [6, 6.07) is 10.5. The molecule has 1 aliphatic heterocycles. The van der Waals surface area contributed by atoms with Gasteiger partial charge in [-0.25, -0.2) is 8.42 Å². The molecule has 2 aliphatic rings. The van der Waals surface area contributed by atoms with Crippen molar-refractivity contribution in [3.8, 4) is 0 Å². The molecule has 0 atom stereocenters. The fourth-order valence-corrected chi connectivity index (χ4v) is 4.48.